The summed E-state index contributed by atoms with van der Waals surface area (Å²) in [5.74, 6) is 1.03. The summed E-state index contributed by atoms with van der Waals surface area (Å²) in [7, 11) is 0. The number of aromatic nitrogens is 7. The van der Waals surface area contributed by atoms with Gasteiger partial charge in [-0.05, 0) is 34.0 Å². The van der Waals surface area contributed by atoms with Gasteiger partial charge in [0.15, 0.2) is 5.82 Å². The summed E-state index contributed by atoms with van der Waals surface area (Å²) < 4.78 is 1.93. The summed E-state index contributed by atoms with van der Waals surface area (Å²) in [6.07, 6.45) is 4.61. The summed E-state index contributed by atoms with van der Waals surface area (Å²) in [5, 5.41) is 14.4. The molecule has 0 atom stereocenters. The zero-order valence-electron chi connectivity index (χ0n) is 17.8. The van der Waals surface area contributed by atoms with E-state index in [0.717, 1.165) is 40.3 Å². The number of nitrogens with two attached hydrogens (primary N) is 1. The van der Waals surface area contributed by atoms with E-state index in [4.69, 9.17) is 5.73 Å². The number of hydrogen-bond acceptors (Lipinski definition) is 5. The number of hydrogen-bond donors (Lipinski definition) is 3. The molecule has 3 heterocycles. The lowest BCUT2D eigenvalue weighted by molar-refractivity contribution is -0.118. The molecule has 0 radical (unpaired) electrons. The summed E-state index contributed by atoms with van der Waals surface area (Å²) >= 11 is 0. The molecule has 0 unspecified atom stereocenters. The van der Waals surface area contributed by atoms with Crippen LogP contribution in [0.25, 0.3) is 34.0 Å². The first kappa shape index (κ1) is 20.4. The van der Waals surface area contributed by atoms with Crippen molar-refractivity contribution in [1.82, 2.24) is 35.2 Å². The maximum atomic E-state index is 11.1. The Bertz CT molecular complexity index is 1370. The Balaban J connectivity index is 1.33. The maximum Gasteiger partial charge on any atom is 0.219 e. The molecule has 3 aromatic heterocycles. The molecule has 0 bridgehead atoms. The molecule has 9 nitrogen and oxygen atoms in total. The number of aryl methyl sites for hydroxylation is 1. The number of imidazole rings is 1. The number of carbonyl (C=O) groups excluding carboxylic acids is 1. The molecular weight excluding hydrogens is 416 g/mol. The quantitative estimate of drug-likeness (QED) is 0.342. The fourth-order valence-electron chi connectivity index (χ4n) is 3.87. The van der Waals surface area contributed by atoms with Gasteiger partial charge in [-0.1, -0.05) is 48.5 Å². The topological polar surface area (TPSA) is 131 Å². The average molecular weight is 438 g/mol. The number of carbonyl (C=O) groups is 1. The summed E-state index contributed by atoms with van der Waals surface area (Å²) in [6, 6.07) is 20.5. The number of nitrogens with one attached hydrogen (secondary N) is 2. The molecule has 0 fully saturated rings. The summed E-state index contributed by atoms with van der Waals surface area (Å²) in [5.41, 5.74) is 11.5. The molecule has 2 aromatic carbocycles. The van der Waals surface area contributed by atoms with Gasteiger partial charge in [0.2, 0.25) is 11.7 Å². The predicted molar refractivity (Wildman–Crippen MR) is 124 cm³/mol. The Labute approximate surface area is 189 Å². The third kappa shape index (κ3) is 4.42. The van der Waals surface area contributed by atoms with Crippen LogP contribution in [0, 0.1) is 0 Å². The minimum Gasteiger partial charge on any atom is -0.370 e. The number of amides is 1. The van der Waals surface area contributed by atoms with E-state index in [0.29, 0.717) is 12.4 Å². The van der Waals surface area contributed by atoms with Crippen molar-refractivity contribution >= 4 is 5.91 Å². The van der Waals surface area contributed by atoms with Gasteiger partial charge in [-0.2, -0.15) is 5.21 Å². The van der Waals surface area contributed by atoms with Crippen LogP contribution in [0.4, 0.5) is 0 Å². The molecule has 0 saturated carbocycles. The number of benzene rings is 2. The van der Waals surface area contributed by atoms with E-state index in [2.05, 4.69) is 67.0 Å². The third-order valence-electron chi connectivity index (χ3n) is 5.47. The van der Waals surface area contributed by atoms with E-state index >= 15 is 0 Å². The molecule has 5 aromatic rings. The first-order valence-corrected chi connectivity index (χ1v) is 10.6. The Hall–Kier alpha value is -4.53. The number of primary amides is 1. The van der Waals surface area contributed by atoms with Crippen LogP contribution in [-0.2, 0) is 17.8 Å². The van der Waals surface area contributed by atoms with Crippen molar-refractivity contribution < 1.29 is 4.79 Å². The van der Waals surface area contributed by atoms with Gasteiger partial charge in [-0.15, -0.1) is 10.2 Å². The Morgan fingerprint density at radius 3 is 2.58 bits per heavy atom. The molecule has 1 amide bonds. The van der Waals surface area contributed by atoms with Crippen LogP contribution >= 0.6 is 0 Å². The highest BCUT2D eigenvalue weighted by Gasteiger charge is 2.12. The highest BCUT2D eigenvalue weighted by atomic mass is 16.1. The second-order valence-electron chi connectivity index (χ2n) is 7.71. The zero-order chi connectivity index (χ0) is 22.6. The van der Waals surface area contributed by atoms with Gasteiger partial charge in [0.1, 0.15) is 0 Å². The van der Waals surface area contributed by atoms with Gasteiger partial charge in [0.05, 0.1) is 5.69 Å². The van der Waals surface area contributed by atoms with Gasteiger partial charge >= 0.3 is 0 Å². The third-order valence-corrected chi connectivity index (χ3v) is 5.47. The smallest absolute Gasteiger partial charge is 0.219 e. The van der Waals surface area contributed by atoms with Crippen molar-refractivity contribution in [2.75, 3.05) is 0 Å². The normalized spacial score (nSPS) is 11.0. The highest BCUT2D eigenvalue weighted by molar-refractivity contribution is 5.80. The molecule has 0 saturated heterocycles. The van der Waals surface area contributed by atoms with Crippen LogP contribution in [0.15, 0.2) is 73.1 Å². The second-order valence-corrected chi connectivity index (χ2v) is 7.71. The Morgan fingerprint density at radius 2 is 1.82 bits per heavy atom. The second kappa shape index (κ2) is 8.91. The molecule has 4 N–H and O–H groups in total. The Morgan fingerprint density at radius 1 is 1.00 bits per heavy atom. The van der Waals surface area contributed by atoms with Gasteiger partial charge in [-0.25, -0.2) is 4.98 Å². The highest BCUT2D eigenvalue weighted by Crippen LogP contribution is 2.30. The number of tetrazole rings is 1. The van der Waals surface area contributed by atoms with Gasteiger partial charge in [-0.3, -0.25) is 4.79 Å². The van der Waals surface area contributed by atoms with Crippen molar-refractivity contribution in [3.63, 3.8) is 0 Å². The average Bonchev–Trinajstić information content (AvgIpc) is 3.60. The monoisotopic (exact) mass is 438 g/mol. The zero-order valence-corrected chi connectivity index (χ0v) is 17.8. The predicted octanol–water partition coefficient (Wildman–Crippen LogP) is 3.19. The van der Waals surface area contributed by atoms with E-state index in [1.54, 1.807) is 6.20 Å². The number of H-pyrrole nitrogens is 2. The van der Waals surface area contributed by atoms with Crippen molar-refractivity contribution in [3.05, 3.63) is 84.3 Å². The Kier molecular flexibility index (Phi) is 5.50. The number of rotatable bonds is 8. The lowest BCUT2D eigenvalue weighted by Crippen LogP contribution is -2.14. The van der Waals surface area contributed by atoms with Gasteiger partial charge < -0.3 is 15.3 Å². The summed E-state index contributed by atoms with van der Waals surface area (Å²) in [4.78, 5) is 19.0. The van der Waals surface area contributed by atoms with Crippen molar-refractivity contribution in [1.29, 1.82) is 0 Å². The first-order valence-electron chi connectivity index (χ1n) is 10.6. The SMILES string of the molecule is NC(=O)CCn1ccnc1-c1ccc(Cc2ccc(-c3ccccc3-c3nn[nH]n3)cc2)[nH]1. The minimum absolute atomic E-state index is 0.277. The molecule has 164 valence electrons. The maximum absolute atomic E-state index is 11.1. The molecule has 0 aliphatic rings. The van der Waals surface area contributed by atoms with Crippen molar-refractivity contribution in [2.45, 2.75) is 19.4 Å². The standard InChI is InChI=1S/C24H22N8O/c25-22(33)11-13-32-14-12-26-24(32)21-10-9-18(27-21)15-16-5-7-17(8-6-16)19-3-1-2-4-20(19)23-28-30-31-29-23/h1-10,12,14,27H,11,13,15H2,(H2,25,33)(H,28,29,30,31). The van der Waals surface area contributed by atoms with Crippen molar-refractivity contribution in [2.24, 2.45) is 5.73 Å². The van der Waals surface area contributed by atoms with E-state index in [-0.39, 0.29) is 12.3 Å². The van der Waals surface area contributed by atoms with Gasteiger partial charge in [0, 0.05) is 43.0 Å². The van der Waals surface area contributed by atoms with Crippen molar-refractivity contribution in [3.8, 4) is 34.0 Å². The van der Waals surface area contributed by atoms with Crippen LogP contribution in [0.3, 0.4) is 0 Å². The lowest BCUT2D eigenvalue weighted by Gasteiger charge is -2.08. The number of aromatic amines is 2. The van der Waals surface area contributed by atoms with E-state index in [1.165, 1.54) is 5.56 Å². The number of nitrogens with zero attached hydrogens (tertiary/aromatic N) is 5. The largest absolute Gasteiger partial charge is 0.370 e. The van der Waals surface area contributed by atoms with Crippen LogP contribution in [0.1, 0.15) is 17.7 Å². The molecule has 0 aliphatic carbocycles. The molecular formula is C24H22N8O. The van der Waals surface area contributed by atoms with Crippen LogP contribution < -0.4 is 5.73 Å². The van der Waals surface area contributed by atoms with Crippen LogP contribution in [-0.4, -0.2) is 41.1 Å². The lowest BCUT2D eigenvalue weighted by atomic mass is 9.97. The minimum atomic E-state index is -0.329. The van der Waals surface area contributed by atoms with Crippen LogP contribution in [0.5, 0.6) is 0 Å². The summed E-state index contributed by atoms with van der Waals surface area (Å²) in [6.45, 7) is 0.506. The molecule has 0 spiro atoms. The first-order chi connectivity index (χ1) is 16.2. The fraction of sp³-hybridized carbons (Fsp3) is 0.125. The molecule has 9 heteroatoms. The van der Waals surface area contributed by atoms with Gasteiger partial charge in [0.25, 0.3) is 0 Å². The van der Waals surface area contributed by atoms with E-state index in [1.807, 2.05) is 35.0 Å². The molecule has 0 aliphatic heterocycles. The van der Waals surface area contributed by atoms with Crippen LogP contribution in [0.2, 0.25) is 0 Å². The molecule has 5 rings (SSSR count). The fourth-order valence-corrected chi connectivity index (χ4v) is 3.87. The van der Waals surface area contributed by atoms with E-state index in [9.17, 15) is 4.79 Å². The molecule has 33 heavy (non-hydrogen) atoms. The van der Waals surface area contributed by atoms with E-state index < -0.39 is 0 Å².